The van der Waals surface area contributed by atoms with Crippen LogP contribution in [0.5, 0.6) is 0 Å². The van der Waals surface area contributed by atoms with E-state index in [2.05, 4.69) is 56.9 Å². The van der Waals surface area contributed by atoms with Gasteiger partial charge in [0.2, 0.25) is 0 Å². The van der Waals surface area contributed by atoms with Gasteiger partial charge in [0.1, 0.15) is 11.6 Å². The molecule has 2 heterocycles. The van der Waals surface area contributed by atoms with E-state index in [1.54, 1.807) is 0 Å². The van der Waals surface area contributed by atoms with Crippen molar-refractivity contribution in [3.8, 4) is 11.1 Å². The lowest BCUT2D eigenvalue weighted by molar-refractivity contribution is 0.699. The van der Waals surface area contributed by atoms with Gasteiger partial charge in [0.05, 0.1) is 5.52 Å². The summed E-state index contributed by atoms with van der Waals surface area (Å²) in [7, 11) is 0. The summed E-state index contributed by atoms with van der Waals surface area (Å²) in [5.41, 5.74) is 6.77. The number of hydrogen-bond acceptors (Lipinski definition) is 4. The maximum atomic E-state index is 4.89. The third kappa shape index (κ3) is 3.60. The number of para-hydroxylation sites is 1. The maximum Gasteiger partial charge on any atom is 0.140 e. The summed E-state index contributed by atoms with van der Waals surface area (Å²) in [6, 6.07) is 8.65. The zero-order valence-electron chi connectivity index (χ0n) is 17.7. The summed E-state index contributed by atoms with van der Waals surface area (Å²) in [5.74, 6) is 2.75. The number of hydrogen-bond donors (Lipinski definition) is 0. The van der Waals surface area contributed by atoms with Gasteiger partial charge in [0.15, 0.2) is 0 Å². The molecule has 1 fully saturated rings. The summed E-state index contributed by atoms with van der Waals surface area (Å²) >= 11 is 0. The van der Waals surface area contributed by atoms with Crippen LogP contribution in [0.2, 0.25) is 0 Å². The van der Waals surface area contributed by atoms with E-state index in [4.69, 9.17) is 15.0 Å². The molecule has 0 radical (unpaired) electrons. The molecule has 2 aromatic heterocycles. The third-order valence-corrected chi connectivity index (χ3v) is 5.58. The topological polar surface area (TPSA) is 41.9 Å². The van der Waals surface area contributed by atoms with Crippen molar-refractivity contribution in [1.29, 1.82) is 0 Å². The number of aromatic nitrogens is 3. The van der Waals surface area contributed by atoms with Crippen LogP contribution in [-0.2, 0) is 0 Å². The zero-order chi connectivity index (χ0) is 19.8. The van der Waals surface area contributed by atoms with Crippen molar-refractivity contribution in [2.75, 3.05) is 18.0 Å². The van der Waals surface area contributed by atoms with Gasteiger partial charge in [-0.3, -0.25) is 4.98 Å². The molecule has 0 bridgehead atoms. The molecule has 1 aromatic carbocycles. The molecular formula is C24H30N4. The molecule has 146 valence electrons. The lowest BCUT2D eigenvalue weighted by atomic mass is 9.96. The van der Waals surface area contributed by atoms with Crippen molar-refractivity contribution in [3.05, 3.63) is 47.0 Å². The molecule has 4 rings (SSSR count). The summed E-state index contributed by atoms with van der Waals surface area (Å²) in [6.07, 6.45) is 3.82. The molecule has 1 aliphatic carbocycles. The smallest absolute Gasteiger partial charge is 0.140 e. The maximum absolute atomic E-state index is 4.89. The lowest BCUT2D eigenvalue weighted by Crippen LogP contribution is -2.28. The minimum absolute atomic E-state index is 0.825. The van der Waals surface area contributed by atoms with E-state index < -0.39 is 0 Å². The van der Waals surface area contributed by atoms with Gasteiger partial charge >= 0.3 is 0 Å². The number of benzene rings is 1. The van der Waals surface area contributed by atoms with Crippen molar-refractivity contribution in [2.45, 2.75) is 53.9 Å². The summed E-state index contributed by atoms with van der Waals surface area (Å²) in [6.45, 7) is 12.7. The zero-order valence-corrected chi connectivity index (χ0v) is 17.7. The van der Waals surface area contributed by atoms with Gasteiger partial charge in [-0.05, 0) is 70.6 Å². The number of rotatable bonds is 6. The second-order valence-corrected chi connectivity index (χ2v) is 8.23. The van der Waals surface area contributed by atoms with Crippen LogP contribution >= 0.6 is 0 Å². The average Bonchev–Trinajstić information content (AvgIpc) is 3.44. The van der Waals surface area contributed by atoms with Crippen molar-refractivity contribution < 1.29 is 0 Å². The highest BCUT2D eigenvalue weighted by atomic mass is 15.2. The van der Waals surface area contributed by atoms with E-state index in [0.29, 0.717) is 0 Å². The molecule has 0 amide bonds. The summed E-state index contributed by atoms with van der Waals surface area (Å²) in [5, 5.41) is 1.15. The van der Waals surface area contributed by atoms with E-state index in [1.807, 2.05) is 6.92 Å². The summed E-state index contributed by atoms with van der Waals surface area (Å²) in [4.78, 5) is 17.0. The van der Waals surface area contributed by atoms with Crippen LogP contribution in [0.25, 0.3) is 22.0 Å². The first-order valence-corrected chi connectivity index (χ1v) is 10.5. The van der Waals surface area contributed by atoms with Crippen LogP contribution in [0.3, 0.4) is 0 Å². The first kappa shape index (κ1) is 18.9. The van der Waals surface area contributed by atoms with Crippen molar-refractivity contribution >= 4 is 16.7 Å². The highest BCUT2D eigenvalue weighted by Gasteiger charge is 2.26. The fourth-order valence-electron chi connectivity index (χ4n) is 4.28. The Labute approximate surface area is 168 Å². The fraction of sp³-hybridized carbons (Fsp3) is 0.458. The van der Waals surface area contributed by atoms with E-state index >= 15 is 0 Å². The van der Waals surface area contributed by atoms with E-state index in [0.717, 1.165) is 64.9 Å². The molecule has 0 spiro atoms. The van der Waals surface area contributed by atoms with Gasteiger partial charge in [-0.2, -0.15) is 0 Å². The van der Waals surface area contributed by atoms with Crippen molar-refractivity contribution in [2.24, 2.45) is 5.92 Å². The first-order valence-electron chi connectivity index (χ1n) is 10.5. The Bertz CT molecular complexity index is 998. The lowest BCUT2D eigenvalue weighted by Gasteiger charge is -2.25. The first-order chi connectivity index (χ1) is 13.5. The van der Waals surface area contributed by atoms with Crippen LogP contribution < -0.4 is 4.90 Å². The van der Waals surface area contributed by atoms with Crippen LogP contribution in [-0.4, -0.2) is 28.0 Å². The predicted octanol–water partition coefficient (Wildman–Crippen LogP) is 5.55. The molecule has 0 atom stereocenters. The largest absolute Gasteiger partial charge is 0.356 e. The predicted molar refractivity (Wildman–Crippen MR) is 117 cm³/mol. The Morgan fingerprint density at radius 2 is 1.82 bits per heavy atom. The molecule has 0 unspecified atom stereocenters. The number of fused-ring (bicyclic) bond motifs is 1. The van der Waals surface area contributed by atoms with Gasteiger partial charge in [-0.15, -0.1) is 0 Å². The average molecular weight is 375 g/mol. The van der Waals surface area contributed by atoms with E-state index in [1.165, 1.54) is 24.0 Å². The normalized spacial score (nSPS) is 13.9. The van der Waals surface area contributed by atoms with Crippen molar-refractivity contribution in [1.82, 2.24) is 15.0 Å². The molecule has 1 saturated carbocycles. The fourth-order valence-corrected chi connectivity index (χ4v) is 4.28. The van der Waals surface area contributed by atoms with Gasteiger partial charge < -0.3 is 4.90 Å². The van der Waals surface area contributed by atoms with E-state index in [9.17, 15) is 0 Å². The summed E-state index contributed by atoms with van der Waals surface area (Å²) < 4.78 is 0. The molecule has 1 aliphatic rings. The highest BCUT2D eigenvalue weighted by Crippen LogP contribution is 2.37. The highest BCUT2D eigenvalue weighted by molar-refractivity contribution is 6.00. The SMILES string of the molecule is CCCN(CC1CC1)c1nc(C)nc2c(-c3c(C)cc(C)nc3C)cccc12. The molecule has 3 aromatic rings. The molecular weight excluding hydrogens is 344 g/mol. The standard InChI is InChI=1S/C24H30N4/c1-6-12-28(14-19-10-11-19)24-21-9-7-8-20(23(21)26-18(5)27-24)22-15(2)13-16(3)25-17(22)4/h7-9,13,19H,6,10-12,14H2,1-5H3. The van der Waals surface area contributed by atoms with Crippen LogP contribution in [0.1, 0.15) is 49.0 Å². The van der Waals surface area contributed by atoms with Crippen LogP contribution in [0, 0.1) is 33.6 Å². The monoisotopic (exact) mass is 374 g/mol. The molecule has 4 heteroatoms. The second kappa shape index (κ2) is 7.50. The minimum atomic E-state index is 0.825. The third-order valence-electron chi connectivity index (χ3n) is 5.58. The van der Waals surface area contributed by atoms with Crippen LogP contribution in [0.4, 0.5) is 5.82 Å². The minimum Gasteiger partial charge on any atom is -0.356 e. The Hall–Kier alpha value is -2.49. The second-order valence-electron chi connectivity index (χ2n) is 8.23. The molecule has 0 saturated heterocycles. The molecule has 4 nitrogen and oxygen atoms in total. The number of aryl methyl sites for hydroxylation is 4. The van der Waals surface area contributed by atoms with Crippen molar-refractivity contribution in [3.63, 3.8) is 0 Å². The Balaban J connectivity index is 1.92. The quantitative estimate of drug-likeness (QED) is 0.567. The number of nitrogens with zero attached hydrogens (tertiary/aromatic N) is 4. The number of pyridine rings is 1. The van der Waals surface area contributed by atoms with E-state index in [-0.39, 0.29) is 0 Å². The Kier molecular flexibility index (Phi) is 5.05. The molecule has 0 aliphatic heterocycles. The van der Waals surface area contributed by atoms with Gasteiger partial charge in [-0.25, -0.2) is 9.97 Å². The van der Waals surface area contributed by atoms with Gasteiger partial charge in [-0.1, -0.05) is 19.1 Å². The Morgan fingerprint density at radius 1 is 1.04 bits per heavy atom. The molecule has 0 N–H and O–H groups in total. The number of anilines is 1. The molecule has 28 heavy (non-hydrogen) atoms. The Morgan fingerprint density at radius 3 is 2.50 bits per heavy atom. The van der Waals surface area contributed by atoms with Gasteiger partial charge in [0, 0.05) is 41.0 Å². The van der Waals surface area contributed by atoms with Gasteiger partial charge in [0.25, 0.3) is 0 Å². The van der Waals surface area contributed by atoms with Crippen LogP contribution in [0.15, 0.2) is 24.3 Å².